The zero-order valence-electron chi connectivity index (χ0n) is 13.4. The lowest BCUT2D eigenvalue weighted by atomic mass is 10.0. The lowest BCUT2D eigenvalue weighted by Gasteiger charge is -2.41. The van der Waals surface area contributed by atoms with Crippen LogP contribution in [0.2, 0.25) is 0 Å². The Hall–Kier alpha value is -2.46. The van der Waals surface area contributed by atoms with E-state index in [0.717, 1.165) is 0 Å². The highest BCUT2D eigenvalue weighted by Gasteiger charge is 2.37. The zero-order chi connectivity index (χ0) is 17.3. The van der Waals surface area contributed by atoms with E-state index in [-0.39, 0.29) is 12.1 Å². The van der Waals surface area contributed by atoms with Crippen molar-refractivity contribution in [3.63, 3.8) is 0 Å². The summed E-state index contributed by atoms with van der Waals surface area (Å²) in [6, 6.07) is 2.55. The number of carboxylic acid groups (broad SMARTS) is 1. The molecule has 0 aromatic heterocycles. The van der Waals surface area contributed by atoms with Gasteiger partial charge in [-0.2, -0.15) is 0 Å². The Bertz CT molecular complexity index is 688. The Kier molecular flexibility index (Phi) is 4.49. The second kappa shape index (κ2) is 6.57. The van der Waals surface area contributed by atoms with Crippen LogP contribution in [0.4, 0.5) is 14.9 Å². The number of anilines is 1. The van der Waals surface area contributed by atoms with Gasteiger partial charge in [0.05, 0.1) is 23.9 Å². The smallest absolute Gasteiger partial charge is 0.407 e. The number of hydrogen-bond donors (Lipinski definition) is 1. The molecule has 128 valence electrons. The van der Waals surface area contributed by atoms with Crippen LogP contribution in [0, 0.1) is 18.2 Å². The predicted molar refractivity (Wildman–Crippen MR) is 86.0 cm³/mol. The highest BCUT2D eigenvalue weighted by atomic mass is 19.1. The first-order chi connectivity index (χ1) is 11.5. The minimum atomic E-state index is -0.952. The molecule has 2 unspecified atom stereocenters. The molecule has 1 N–H and O–H groups in total. The van der Waals surface area contributed by atoms with Gasteiger partial charge in [0, 0.05) is 39.2 Å². The summed E-state index contributed by atoms with van der Waals surface area (Å²) in [5.41, 5.74) is 0.934. The highest BCUT2D eigenvalue weighted by molar-refractivity contribution is 5.69. The van der Waals surface area contributed by atoms with E-state index >= 15 is 0 Å². The van der Waals surface area contributed by atoms with Crippen LogP contribution >= 0.6 is 0 Å². The van der Waals surface area contributed by atoms with Crippen LogP contribution in [-0.4, -0.2) is 61.6 Å². The molecule has 1 amide bonds. The first-order valence-corrected chi connectivity index (χ1v) is 7.73. The SMILES string of the molecule is C#Cc1cc(F)cc2c1OC(COC)CC1CN(C(=O)O)CCN21. The molecule has 0 saturated carbocycles. The average molecular weight is 334 g/mol. The maximum absolute atomic E-state index is 14.0. The molecule has 6 nitrogen and oxygen atoms in total. The summed E-state index contributed by atoms with van der Waals surface area (Å²) < 4.78 is 25.2. The van der Waals surface area contributed by atoms with Gasteiger partial charge in [-0.3, -0.25) is 0 Å². The molecule has 7 heteroatoms. The molecule has 2 aliphatic rings. The second-order valence-corrected chi connectivity index (χ2v) is 5.95. The van der Waals surface area contributed by atoms with Gasteiger partial charge in [-0.15, -0.1) is 6.42 Å². The normalized spacial score (nSPS) is 22.7. The molecular weight excluding hydrogens is 315 g/mol. The second-order valence-electron chi connectivity index (χ2n) is 5.95. The third-order valence-electron chi connectivity index (χ3n) is 4.42. The molecule has 0 aliphatic carbocycles. The van der Waals surface area contributed by atoms with Gasteiger partial charge in [-0.25, -0.2) is 9.18 Å². The van der Waals surface area contributed by atoms with Crippen molar-refractivity contribution in [2.24, 2.45) is 0 Å². The van der Waals surface area contributed by atoms with Crippen molar-refractivity contribution in [3.05, 3.63) is 23.5 Å². The van der Waals surface area contributed by atoms with Crippen LogP contribution < -0.4 is 9.64 Å². The Morgan fingerprint density at radius 2 is 2.33 bits per heavy atom. The molecule has 1 aromatic carbocycles. The number of hydrogen-bond acceptors (Lipinski definition) is 4. The highest BCUT2D eigenvalue weighted by Crippen LogP contribution is 2.39. The van der Waals surface area contributed by atoms with Crippen molar-refractivity contribution in [1.29, 1.82) is 0 Å². The fourth-order valence-corrected chi connectivity index (χ4v) is 3.38. The van der Waals surface area contributed by atoms with E-state index in [0.29, 0.717) is 49.7 Å². The van der Waals surface area contributed by atoms with Crippen molar-refractivity contribution in [1.82, 2.24) is 4.90 Å². The van der Waals surface area contributed by atoms with E-state index in [9.17, 15) is 14.3 Å². The Morgan fingerprint density at radius 3 is 3.00 bits per heavy atom. The Balaban J connectivity index is 2.03. The van der Waals surface area contributed by atoms with E-state index in [1.54, 1.807) is 7.11 Å². The summed E-state index contributed by atoms with van der Waals surface area (Å²) >= 11 is 0. The topological polar surface area (TPSA) is 62.2 Å². The molecule has 3 rings (SSSR count). The van der Waals surface area contributed by atoms with Gasteiger partial charge in [0.1, 0.15) is 11.9 Å². The molecule has 2 atom stereocenters. The summed E-state index contributed by atoms with van der Waals surface area (Å²) in [7, 11) is 1.57. The number of benzene rings is 1. The number of carbonyl (C=O) groups is 1. The minimum Gasteiger partial charge on any atom is -0.484 e. The molecule has 2 aliphatic heterocycles. The number of terminal acetylenes is 1. The fourth-order valence-electron chi connectivity index (χ4n) is 3.38. The van der Waals surface area contributed by atoms with Crippen molar-refractivity contribution in [2.75, 3.05) is 38.3 Å². The van der Waals surface area contributed by atoms with Gasteiger partial charge in [-0.1, -0.05) is 5.92 Å². The molecule has 1 aromatic rings. The first kappa shape index (κ1) is 16.4. The van der Waals surface area contributed by atoms with Crippen LogP contribution in [0.25, 0.3) is 0 Å². The molecule has 0 radical (unpaired) electrons. The molecule has 0 spiro atoms. The van der Waals surface area contributed by atoms with Gasteiger partial charge in [0.2, 0.25) is 0 Å². The summed E-state index contributed by atoms with van der Waals surface area (Å²) in [5.74, 6) is 2.50. The maximum Gasteiger partial charge on any atom is 0.407 e. The summed E-state index contributed by atoms with van der Waals surface area (Å²) in [5, 5.41) is 9.25. The van der Waals surface area contributed by atoms with Gasteiger partial charge in [0.25, 0.3) is 0 Å². The number of fused-ring (bicyclic) bond motifs is 3. The largest absolute Gasteiger partial charge is 0.484 e. The zero-order valence-corrected chi connectivity index (χ0v) is 13.4. The van der Waals surface area contributed by atoms with Crippen molar-refractivity contribution < 1.29 is 23.8 Å². The first-order valence-electron chi connectivity index (χ1n) is 7.73. The van der Waals surface area contributed by atoms with E-state index in [2.05, 4.69) is 5.92 Å². The third-order valence-corrected chi connectivity index (χ3v) is 4.42. The number of halogens is 1. The number of ether oxygens (including phenoxy) is 2. The Labute approximate surface area is 139 Å². The number of nitrogens with zero attached hydrogens (tertiary/aromatic N) is 2. The van der Waals surface area contributed by atoms with Crippen molar-refractivity contribution >= 4 is 11.8 Å². The lowest BCUT2D eigenvalue weighted by Crippen LogP contribution is -2.55. The van der Waals surface area contributed by atoms with Gasteiger partial charge >= 0.3 is 6.09 Å². The number of rotatable bonds is 2. The van der Waals surface area contributed by atoms with Crippen LogP contribution in [0.3, 0.4) is 0 Å². The average Bonchev–Trinajstić information content (AvgIpc) is 2.70. The van der Waals surface area contributed by atoms with Crippen LogP contribution in [0.15, 0.2) is 12.1 Å². The maximum atomic E-state index is 14.0. The molecule has 24 heavy (non-hydrogen) atoms. The van der Waals surface area contributed by atoms with E-state index in [1.807, 2.05) is 4.90 Å². The van der Waals surface area contributed by atoms with E-state index in [4.69, 9.17) is 15.9 Å². The molecule has 2 heterocycles. The lowest BCUT2D eigenvalue weighted by molar-refractivity contribution is 0.0694. The summed E-state index contributed by atoms with van der Waals surface area (Å²) in [6.07, 6.45) is 4.84. The quantitative estimate of drug-likeness (QED) is 0.835. The number of amides is 1. The van der Waals surface area contributed by atoms with Crippen LogP contribution in [-0.2, 0) is 4.74 Å². The monoisotopic (exact) mass is 334 g/mol. The number of methoxy groups -OCH3 is 1. The van der Waals surface area contributed by atoms with Crippen LogP contribution in [0.1, 0.15) is 12.0 Å². The minimum absolute atomic E-state index is 0.122. The molecular formula is C17H19FN2O4. The Morgan fingerprint density at radius 1 is 1.54 bits per heavy atom. The number of piperazine rings is 1. The predicted octanol–water partition coefficient (Wildman–Crippen LogP) is 1.77. The van der Waals surface area contributed by atoms with Crippen molar-refractivity contribution in [2.45, 2.75) is 18.6 Å². The van der Waals surface area contributed by atoms with Gasteiger partial charge in [-0.05, 0) is 6.07 Å². The van der Waals surface area contributed by atoms with Gasteiger partial charge in [0.15, 0.2) is 5.75 Å². The summed E-state index contributed by atoms with van der Waals surface area (Å²) in [4.78, 5) is 14.7. The standard InChI is InChI=1S/C17H19FN2O4/c1-3-11-6-12(18)7-15-16(11)24-14(10-23-2)8-13-9-19(17(21)22)4-5-20(13)15/h1,6-7,13-14H,4-5,8-10H2,2H3,(H,21,22). The van der Waals surface area contributed by atoms with Crippen molar-refractivity contribution in [3.8, 4) is 18.1 Å². The van der Waals surface area contributed by atoms with E-state index in [1.165, 1.54) is 17.0 Å². The molecule has 0 bridgehead atoms. The van der Waals surface area contributed by atoms with Gasteiger partial charge < -0.3 is 24.4 Å². The van der Waals surface area contributed by atoms with Crippen LogP contribution in [0.5, 0.6) is 5.75 Å². The third kappa shape index (κ3) is 2.97. The molecule has 1 fully saturated rings. The molecule has 1 saturated heterocycles. The summed E-state index contributed by atoms with van der Waals surface area (Å²) in [6.45, 7) is 1.49. The fraction of sp³-hybridized carbons (Fsp3) is 0.471. The van der Waals surface area contributed by atoms with E-state index < -0.39 is 11.9 Å².